The number of nitrogens with zero attached hydrogens (tertiary/aromatic N) is 2. The fraction of sp³-hybridized carbons (Fsp3) is 0.952. The van der Waals surface area contributed by atoms with Crippen molar-refractivity contribution in [2.24, 2.45) is 0 Å². The summed E-state index contributed by atoms with van der Waals surface area (Å²) in [4.78, 5) is 4.53. The van der Waals surface area contributed by atoms with Crippen molar-refractivity contribution in [2.75, 3.05) is 26.2 Å². The molecule has 0 saturated heterocycles. The van der Waals surface area contributed by atoms with Gasteiger partial charge in [-0.2, -0.15) is 0 Å². The van der Waals surface area contributed by atoms with Gasteiger partial charge in [0.15, 0.2) is 0 Å². The standard InChI is InChI=1S/2C21H43NS2.Mo.S/c2*1-3-5-7-9-11-13-15-17-19-22(21(23)24)20-18-16-14-12-10-8-6-4-2;;/h2*3-20H2,1-2H3,(H,23,24);;/q;;+2;/p-2. The molecule has 0 aliphatic carbocycles. The SMILES string of the molecule is CCCCCCCCCCN(CCCCCCCCCC)C(=S)[S-].CCCCCCCCCCN(CCCCCCCCCC)C(=S)[S-].[S]=[Mo+2]. The summed E-state index contributed by atoms with van der Waals surface area (Å²) in [6.45, 7) is 13.4. The van der Waals surface area contributed by atoms with Crippen LogP contribution in [0.1, 0.15) is 233 Å². The van der Waals surface area contributed by atoms with Crippen LogP contribution in [0, 0.1) is 0 Å². The van der Waals surface area contributed by atoms with Gasteiger partial charge in [0, 0.05) is 26.2 Å². The number of thiocarbonyl (C=S) groups is 2. The molecule has 0 aromatic heterocycles. The van der Waals surface area contributed by atoms with Crippen molar-refractivity contribution < 1.29 is 18.0 Å². The van der Waals surface area contributed by atoms with Gasteiger partial charge in [0.2, 0.25) is 0 Å². The first kappa shape index (κ1) is 55.5. The maximum atomic E-state index is 5.25. The van der Waals surface area contributed by atoms with Crippen LogP contribution in [-0.2, 0) is 43.3 Å². The van der Waals surface area contributed by atoms with Crippen LogP contribution in [0.15, 0.2) is 0 Å². The molecule has 0 saturated carbocycles. The molecule has 0 radical (unpaired) electrons. The van der Waals surface area contributed by atoms with Gasteiger partial charge in [0.25, 0.3) is 0 Å². The van der Waals surface area contributed by atoms with Crippen molar-refractivity contribution in [3.63, 3.8) is 0 Å². The van der Waals surface area contributed by atoms with Gasteiger partial charge in [-0.15, -0.1) is 0 Å². The fourth-order valence-corrected chi connectivity index (χ4v) is 7.07. The van der Waals surface area contributed by atoms with Crippen LogP contribution >= 0.6 is 34.3 Å². The predicted molar refractivity (Wildman–Crippen MR) is 241 cm³/mol. The van der Waals surface area contributed by atoms with Gasteiger partial charge in [-0.1, -0.05) is 216 Å². The molecular weight excluding hydrogens is 789 g/mol. The van der Waals surface area contributed by atoms with E-state index in [0.717, 1.165) is 26.2 Å². The van der Waals surface area contributed by atoms with Crippen LogP contribution in [0.25, 0.3) is 0 Å². The monoisotopic (exact) mass is 874 g/mol. The van der Waals surface area contributed by atoms with Gasteiger partial charge >= 0.3 is 27.8 Å². The third-order valence-electron chi connectivity index (χ3n) is 9.64. The number of hydrogen-bond donors (Lipinski definition) is 0. The molecule has 0 rings (SSSR count). The van der Waals surface area contributed by atoms with Gasteiger partial charge in [-0.3, -0.25) is 0 Å². The molecule has 0 spiro atoms. The molecule has 0 fully saturated rings. The number of rotatable bonds is 36. The van der Waals surface area contributed by atoms with Crippen LogP contribution in [-0.4, -0.2) is 44.6 Å². The molecule has 50 heavy (non-hydrogen) atoms. The van der Waals surface area contributed by atoms with Gasteiger partial charge in [-0.05, 0) is 25.7 Å². The van der Waals surface area contributed by atoms with Gasteiger partial charge < -0.3 is 59.5 Å². The second-order valence-electron chi connectivity index (χ2n) is 14.4. The first-order valence-corrected chi connectivity index (χ1v) is 25.9. The maximum absolute atomic E-state index is 5.25. The van der Waals surface area contributed by atoms with Crippen LogP contribution in [0.5, 0.6) is 0 Å². The average molecular weight is 873 g/mol. The zero-order valence-electron chi connectivity index (χ0n) is 33.8. The molecule has 0 aromatic rings. The second-order valence-corrected chi connectivity index (χ2v) is 16.5. The zero-order valence-corrected chi connectivity index (χ0v) is 39.9. The van der Waals surface area contributed by atoms with E-state index >= 15 is 0 Å². The van der Waals surface area contributed by atoms with Gasteiger partial charge in [0.05, 0.1) is 0 Å². The Balaban J connectivity index is -0.000000841. The molecule has 0 bridgehead atoms. The minimum atomic E-state index is 0.681. The quantitative estimate of drug-likeness (QED) is 0.0264. The summed E-state index contributed by atoms with van der Waals surface area (Å²) >= 11 is 22.6. The van der Waals surface area contributed by atoms with E-state index in [4.69, 9.17) is 49.7 Å². The zero-order chi connectivity index (χ0) is 37.8. The van der Waals surface area contributed by atoms with Crippen molar-refractivity contribution in [3.8, 4) is 0 Å². The van der Waals surface area contributed by atoms with E-state index < -0.39 is 0 Å². The molecular formula is C42H84MoN2S5. The molecule has 0 aliphatic heterocycles. The molecule has 2 nitrogen and oxygen atoms in total. The molecule has 0 N–H and O–H groups in total. The van der Waals surface area contributed by atoms with Crippen LogP contribution in [0.3, 0.4) is 0 Å². The van der Waals surface area contributed by atoms with Crippen molar-refractivity contribution >= 4 is 68.2 Å². The summed E-state index contributed by atoms with van der Waals surface area (Å²) in [5.41, 5.74) is 0. The third kappa shape index (κ3) is 47.1. The predicted octanol–water partition coefficient (Wildman–Crippen LogP) is 15.4. The molecule has 0 unspecified atom stereocenters. The van der Waals surface area contributed by atoms with Gasteiger partial charge in [0.1, 0.15) is 0 Å². The van der Waals surface area contributed by atoms with E-state index in [1.165, 1.54) is 223 Å². The Morgan fingerprint density at radius 3 is 0.600 bits per heavy atom. The first-order chi connectivity index (χ1) is 24.4. The van der Waals surface area contributed by atoms with Crippen molar-refractivity contribution in [3.05, 3.63) is 0 Å². The molecule has 0 atom stereocenters. The van der Waals surface area contributed by atoms with Crippen LogP contribution < -0.4 is 0 Å². The van der Waals surface area contributed by atoms with Crippen LogP contribution in [0.2, 0.25) is 0 Å². The van der Waals surface area contributed by atoms with Gasteiger partial charge in [-0.25, -0.2) is 0 Å². The summed E-state index contributed by atoms with van der Waals surface area (Å²) in [6, 6.07) is 0. The number of hydrogen-bond acceptors (Lipinski definition) is 5. The molecule has 0 aromatic carbocycles. The Kier molecular flexibility index (Phi) is 55.6. The summed E-state index contributed by atoms with van der Waals surface area (Å²) in [5, 5.41) is 0. The third-order valence-corrected chi connectivity index (χ3v) is 10.7. The Hall–Kier alpha value is 1.13. The Morgan fingerprint density at radius 2 is 0.460 bits per heavy atom. The van der Waals surface area contributed by atoms with Crippen molar-refractivity contribution in [2.45, 2.75) is 233 Å². The average Bonchev–Trinajstić information content (AvgIpc) is 3.11. The molecule has 0 amide bonds. The second kappa shape index (κ2) is 50.1. The van der Waals surface area contributed by atoms with E-state index in [1.807, 2.05) is 0 Å². The topological polar surface area (TPSA) is 6.48 Å². The fourth-order valence-electron chi connectivity index (χ4n) is 6.33. The Labute approximate surface area is 352 Å². The van der Waals surface area contributed by atoms with E-state index in [-0.39, 0.29) is 0 Å². The summed E-state index contributed by atoms with van der Waals surface area (Å²) < 4.78 is 1.36. The molecule has 0 aliphatic rings. The number of unbranched alkanes of at least 4 members (excludes halogenated alkanes) is 28. The van der Waals surface area contributed by atoms with Crippen molar-refractivity contribution in [1.82, 2.24) is 9.80 Å². The van der Waals surface area contributed by atoms with Crippen molar-refractivity contribution in [1.29, 1.82) is 0 Å². The van der Waals surface area contributed by atoms with E-state index in [2.05, 4.69) is 47.3 Å². The van der Waals surface area contributed by atoms with E-state index in [9.17, 15) is 0 Å². The van der Waals surface area contributed by atoms with E-state index in [0.29, 0.717) is 8.64 Å². The normalized spacial score (nSPS) is 10.5. The summed E-state index contributed by atoms with van der Waals surface area (Å²) in [6.07, 6.45) is 43.7. The Bertz CT molecular complexity index is 576. The van der Waals surface area contributed by atoms with E-state index in [1.54, 1.807) is 0 Å². The first-order valence-electron chi connectivity index (χ1n) is 21.5. The molecule has 298 valence electrons. The minimum absolute atomic E-state index is 0.681. The van der Waals surface area contributed by atoms with Crippen LogP contribution in [0.4, 0.5) is 0 Å². The summed E-state index contributed by atoms with van der Waals surface area (Å²) in [7, 11) is 4.09. The molecule has 0 heterocycles. The Morgan fingerprint density at radius 1 is 0.320 bits per heavy atom. The summed E-state index contributed by atoms with van der Waals surface area (Å²) in [5.74, 6) is 0. The molecule has 8 heteroatoms.